The van der Waals surface area contributed by atoms with E-state index in [0.717, 1.165) is 10.0 Å². The Morgan fingerprint density at radius 1 is 1.52 bits per heavy atom. The number of thioether (sulfide) groups is 1. The smallest absolute Gasteiger partial charge is 0.326 e. The maximum Gasteiger partial charge on any atom is 0.326 e. The topological polar surface area (TPSA) is 51.2 Å². The van der Waals surface area contributed by atoms with Gasteiger partial charge < -0.3 is 4.74 Å². The van der Waals surface area contributed by atoms with Crippen LogP contribution in [0.1, 0.15) is 46.7 Å². The van der Waals surface area contributed by atoms with Crippen molar-refractivity contribution in [3.63, 3.8) is 0 Å². The van der Waals surface area contributed by atoms with Crippen molar-refractivity contribution >= 4 is 29.1 Å². The lowest BCUT2D eigenvalue weighted by atomic mass is 9.95. The van der Waals surface area contributed by atoms with Gasteiger partial charge >= 0.3 is 5.97 Å². The van der Waals surface area contributed by atoms with Crippen molar-refractivity contribution in [1.29, 1.82) is 0 Å². The minimum absolute atomic E-state index is 0.179. The highest BCUT2D eigenvalue weighted by atomic mass is 32.2. The van der Waals surface area contributed by atoms with Gasteiger partial charge in [-0.3, -0.25) is 10.1 Å². The molecule has 1 rings (SSSR count). The van der Waals surface area contributed by atoms with Crippen molar-refractivity contribution in [3.05, 3.63) is 11.1 Å². The van der Waals surface area contributed by atoms with E-state index in [0.29, 0.717) is 13.0 Å². The molecule has 0 radical (unpaired) electrons. The molecular weight excluding hydrogens is 304 g/mol. The van der Waals surface area contributed by atoms with Crippen LogP contribution < -0.4 is 5.32 Å². The summed E-state index contributed by atoms with van der Waals surface area (Å²) in [5, 5.41) is 5.68. The maximum atomic E-state index is 12.3. The summed E-state index contributed by atoms with van der Waals surface area (Å²) in [4.78, 5) is 16.8. The summed E-state index contributed by atoms with van der Waals surface area (Å²) in [6, 6.07) is 0.221. The van der Waals surface area contributed by atoms with Crippen LogP contribution in [0, 0.1) is 6.92 Å². The minimum Gasteiger partial charge on any atom is -0.465 e. The second-order valence-electron chi connectivity index (χ2n) is 5.74. The number of rotatable bonds is 8. The van der Waals surface area contributed by atoms with E-state index in [-0.39, 0.29) is 17.3 Å². The van der Waals surface area contributed by atoms with Gasteiger partial charge in [-0.15, -0.1) is 11.3 Å². The van der Waals surface area contributed by atoms with Gasteiger partial charge in [0.15, 0.2) is 0 Å². The molecule has 1 N–H and O–H groups in total. The first-order valence-corrected chi connectivity index (χ1v) is 9.06. The van der Waals surface area contributed by atoms with Crippen LogP contribution in [-0.2, 0) is 9.53 Å². The molecule has 1 heterocycles. The van der Waals surface area contributed by atoms with Crippen molar-refractivity contribution in [2.45, 2.75) is 69.1 Å². The average molecular weight is 331 g/mol. The molecule has 4 nitrogen and oxygen atoms in total. The van der Waals surface area contributed by atoms with Crippen LogP contribution in [0.15, 0.2) is 9.72 Å². The van der Waals surface area contributed by atoms with E-state index in [1.165, 1.54) is 0 Å². The van der Waals surface area contributed by atoms with Gasteiger partial charge in [-0.2, -0.15) is 0 Å². The second kappa shape index (κ2) is 8.15. The molecule has 0 saturated heterocycles. The van der Waals surface area contributed by atoms with Crippen molar-refractivity contribution < 1.29 is 9.53 Å². The summed E-state index contributed by atoms with van der Waals surface area (Å²) < 4.78 is 6.29. The first-order chi connectivity index (χ1) is 9.76. The van der Waals surface area contributed by atoms with Crippen molar-refractivity contribution in [2.75, 3.05) is 6.61 Å². The molecule has 2 atom stereocenters. The molecule has 0 saturated carbocycles. The Balaban J connectivity index is 2.72. The van der Waals surface area contributed by atoms with Crippen molar-refractivity contribution in [2.24, 2.45) is 0 Å². The number of nitrogens with zero attached hydrogens (tertiary/aromatic N) is 1. The van der Waals surface area contributed by atoms with E-state index >= 15 is 0 Å². The molecule has 0 aromatic carbocycles. The summed E-state index contributed by atoms with van der Waals surface area (Å²) in [5.41, 5.74) is 0.381. The van der Waals surface area contributed by atoms with Crippen LogP contribution in [0.2, 0.25) is 0 Å². The van der Waals surface area contributed by atoms with E-state index in [1.54, 1.807) is 23.1 Å². The molecule has 1 aromatic rings. The van der Waals surface area contributed by atoms with Crippen LogP contribution in [0.5, 0.6) is 0 Å². The van der Waals surface area contributed by atoms with Crippen LogP contribution in [0.25, 0.3) is 0 Å². The number of hydrogen-bond donors (Lipinski definition) is 1. The van der Waals surface area contributed by atoms with E-state index in [9.17, 15) is 4.79 Å². The van der Waals surface area contributed by atoms with Gasteiger partial charge in [-0.25, -0.2) is 4.98 Å². The fourth-order valence-electron chi connectivity index (χ4n) is 2.30. The minimum atomic E-state index is -0.664. The lowest BCUT2D eigenvalue weighted by molar-refractivity contribution is -0.151. The predicted octanol–water partition coefficient (Wildman–Crippen LogP) is 3.64. The van der Waals surface area contributed by atoms with Gasteiger partial charge in [-0.05, 0) is 41.0 Å². The van der Waals surface area contributed by atoms with Gasteiger partial charge in [0.2, 0.25) is 0 Å². The lowest BCUT2D eigenvalue weighted by Crippen LogP contribution is -2.54. The number of hydrogen-bond acceptors (Lipinski definition) is 6. The molecule has 0 aliphatic heterocycles. The highest BCUT2D eigenvalue weighted by Gasteiger charge is 2.36. The zero-order valence-corrected chi connectivity index (χ0v) is 15.4. The zero-order valence-electron chi connectivity index (χ0n) is 13.7. The molecule has 0 aliphatic rings. The third-order valence-electron chi connectivity index (χ3n) is 2.93. The van der Waals surface area contributed by atoms with E-state index < -0.39 is 5.54 Å². The number of aryl methyl sites for hydroxylation is 1. The summed E-state index contributed by atoms with van der Waals surface area (Å²) in [6.07, 6.45) is 0.702. The normalized spacial score (nSPS) is 15.8. The summed E-state index contributed by atoms with van der Waals surface area (Å²) in [7, 11) is 0. The summed E-state index contributed by atoms with van der Waals surface area (Å²) in [5.74, 6) is -0.179. The van der Waals surface area contributed by atoms with Crippen LogP contribution >= 0.6 is 23.1 Å². The number of esters is 1. The van der Waals surface area contributed by atoms with Gasteiger partial charge in [0.05, 0.1) is 6.61 Å². The number of carbonyl (C=O) groups is 1. The molecule has 6 heteroatoms. The summed E-state index contributed by atoms with van der Waals surface area (Å²) in [6.45, 7) is 12.4. The van der Waals surface area contributed by atoms with Crippen LogP contribution in [0.3, 0.4) is 0 Å². The highest BCUT2D eigenvalue weighted by molar-refractivity contribution is 8.01. The van der Waals surface area contributed by atoms with Gasteiger partial charge in [0.1, 0.15) is 9.88 Å². The van der Waals surface area contributed by atoms with Gasteiger partial charge in [0.25, 0.3) is 0 Å². The molecule has 120 valence electrons. The van der Waals surface area contributed by atoms with Gasteiger partial charge in [-0.1, -0.05) is 18.7 Å². The predicted molar refractivity (Wildman–Crippen MR) is 90.1 cm³/mol. The SMILES string of the molecule is CCOC(=O)C(C)(CC(C)Sc1nc(C)cs1)NC(C)C. The molecule has 0 spiro atoms. The average Bonchev–Trinajstić information content (AvgIpc) is 2.73. The van der Waals surface area contributed by atoms with Crippen LogP contribution in [0.4, 0.5) is 0 Å². The Morgan fingerprint density at radius 2 is 2.19 bits per heavy atom. The molecule has 1 aromatic heterocycles. The van der Waals surface area contributed by atoms with E-state index in [2.05, 4.69) is 17.2 Å². The number of ether oxygens (including phenoxy) is 1. The first-order valence-electron chi connectivity index (χ1n) is 7.30. The Morgan fingerprint density at radius 3 is 2.67 bits per heavy atom. The highest BCUT2D eigenvalue weighted by Crippen LogP contribution is 2.31. The number of nitrogens with one attached hydrogen (secondary N) is 1. The number of thiazole rings is 1. The van der Waals surface area contributed by atoms with Crippen LogP contribution in [-0.4, -0.2) is 34.4 Å². The molecule has 0 aliphatic carbocycles. The quantitative estimate of drug-likeness (QED) is 0.582. The Labute approximate surface area is 136 Å². The molecule has 0 amide bonds. The second-order valence-corrected chi connectivity index (χ2v) is 8.28. The number of aromatic nitrogens is 1. The largest absolute Gasteiger partial charge is 0.465 e. The molecule has 2 unspecified atom stereocenters. The molecule has 0 fully saturated rings. The van der Waals surface area contributed by atoms with Crippen molar-refractivity contribution in [1.82, 2.24) is 10.3 Å². The molecule has 21 heavy (non-hydrogen) atoms. The molecule has 0 bridgehead atoms. The monoisotopic (exact) mass is 330 g/mol. The zero-order chi connectivity index (χ0) is 16.0. The Kier molecular flexibility index (Phi) is 7.16. The Hall–Kier alpha value is -0.590. The maximum absolute atomic E-state index is 12.3. The van der Waals surface area contributed by atoms with E-state index in [1.807, 2.05) is 40.0 Å². The lowest BCUT2D eigenvalue weighted by Gasteiger charge is -2.32. The number of carbonyl (C=O) groups excluding carboxylic acids is 1. The fourth-order valence-corrected chi connectivity index (χ4v) is 4.64. The van der Waals surface area contributed by atoms with Gasteiger partial charge in [0, 0.05) is 22.4 Å². The third kappa shape index (κ3) is 5.96. The Bertz CT molecular complexity index is 462. The van der Waals surface area contributed by atoms with E-state index in [4.69, 9.17) is 4.74 Å². The fraction of sp³-hybridized carbons (Fsp3) is 0.733. The molecular formula is C15H26N2O2S2. The summed E-state index contributed by atoms with van der Waals surface area (Å²) >= 11 is 3.37. The standard InChI is InChI=1S/C15H26N2O2S2/c1-7-19-13(18)15(6,17-10(2)3)8-12(5)21-14-16-11(4)9-20-14/h9-10,12,17H,7-8H2,1-6H3. The first kappa shape index (κ1) is 18.5. The van der Waals surface area contributed by atoms with Crippen molar-refractivity contribution in [3.8, 4) is 0 Å². The third-order valence-corrected chi connectivity index (χ3v) is 5.12.